The highest BCUT2D eigenvalue weighted by Crippen LogP contribution is 2.50. The van der Waals surface area contributed by atoms with E-state index in [4.69, 9.17) is 0 Å². The highest BCUT2D eigenvalue weighted by molar-refractivity contribution is 5.79. The van der Waals surface area contributed by atoms with E-state index in [9.17, 15) is 4.79 Å². The number of carbonyl (C=O) groups excluding carboxylic acids is 1. The van der Waals surface area contributed by atoms with Crippen molar-refractivity contribution in [3.8, 4) is 0 Å². The standard InChI is InChI=1S/C21H36.C19H32O/c1-3-5-17-7-9-18(10-8-17)20-13-12-19-14-16(4-2)6-11-21(19)15-20;1-2-3-14-4-6-15(7-5-14)16-8-9-18-13-19(20)11-10-17(18)12-16/h4,16-21H,2-3,5-15H2,1H3;14-18H,2-13H2,1H3. The fourth-order valence-corrected chi connectivity index (χ4v) is 11.5. The molecule has 0 radical (unpaired) electrons. The first-order valence-electron chi connectivity index (χ1n) is 19.2. The van der Waals surface area contributed by atoms with E-state index in [0.717, 1.165) is 77.9 Å². The molecule has 0 saturated heterocycles. The van der Waals surface area contributed by atoms with Gasteiger partial charge >= 0.3 is 0 Å². The zero-order valence-corrected chi connectivity index (χ0v) is 27.5. The average Bonchev–Trinajstić information content (AvgIpc) is 3.02. The highest BCUT2D eigenvalue weighted by atomic mass is 16.1. The molecule has 0 N–H and O–H groups in total. The number of hydrogen-bond acceptors (Lipinski definition) is 1. The minimum absolute atomic E-state index is 0.546. The predicted molar refractivity (Wildman–Crippen MR) is 176 cm³/mol. The van der Waals surface area contributed by atoms with Crippen LogP contribution in [0.2, 0.25) is 0 Å². The van der Waals surface area contributed by atoms with Crippen LogP contribution < -0.4 is 0 Å². The molecule has 0 aromatic rings. The first kappa shape index (κ1) is 31.8. The average molecular weight is 565 g/mol. The molecule has 0 bridgehead atoms. The third-order valence-electron chi connectivity index (χ3n) is 14.0. The van der Waals surface area contributed by atoms with Crippen molar-refractivity contribution >= 4 is 5.78 Å². The zero-order valence-electron chi connectivity index (χ0n) is 27.5. The van der Waals surface area contributed by atoms with Crippen LogP contribution in [0.15, 0.2) is 12.7 Å². The summed E-state index contributed by atoms with van der Waals surface area (Å²) in [6.45, 7) is 8.72. The van der Waals surface area contributed by atoms with Crippen molar-refractivity contribution in [1.29, 1.82) is 0 Å². The molecule has 1 nitrogen and oxygen atoms in total. The number of hydrogen-bond donors (Lipinski definition) is 0. The van der Waals surface area contributed by atoms with Gasteiger partial charge in [-0.1, -0.05) is 71.3 Å². The molecule has 6 aliphatic carbocycles. The van der Waals surface area contributed by atoms with Crippen molar-refractivity contribution in [3.05, 3.63) is 12.7 Å². The third kappa shape index (κ3) is 8.75. The van der Waals surface area contributed by atoms with Gasteiger partial charge in [-0.3, -0.25) is 4.79 Å². The van der Waals surface area contributed by atoms with Gasteiger partial charge < -0.3 is 0 Å². The fourth-order valence-electron chi connectivity index (χ4n) is 11.5. The Hall–Kier alpha value is -0.590. The van der Waals surface area contributed by atoms with Gasteiger partial charge in [-0.05, 0) is 155 Å². The van der Waals surface area contributed by atoms with E-state index in [1.165, 1.54) is 103 Å². The number of fused-ring (bicyclic) bond motifs is 2. The van der Waals surface area contributed by atoms with E-state index in [1.807, 2.05) is 0 Å². The molecule has 6 saturated carbocycles. The summed E-state index contributed by atoms with van der Waals surface area (Å²) in [7, 11) is 0. The predicted octanol–water partition coefficient (Wildman–Crippen LogP) is 12.0. The largest absolute Gasteiger partial charge is 0.300 e. The molecule has 0 heterocycles. The first-order valence-corrected chi connectivity index (χ1v) is 19.2. The SMILES string of the molecule is C=CC1CCC2CC(C3CCC(CCC)CC3)CCC2C1.CCCC1CCC(C2CCC3CC(=O)CCC3C2)CC1. The monoisotopic (exact) mass is 565 g/mol. The van der Waals surface area contributed by atoms with Crippen LogP contribution in [0.25, 0.3) is 0 Å². The molecule has 6 aliphatic rings. The van der Waals surface area contributed by atoms with Crippen LogP contribution in [0.1, 0.15) is 168 Å². The summed E-state index contributed by atoms with van der Waals surface area (Å²) in [4.78, 5) is 11.6. The van der Waals surface area contributed by atoms with Crippen LogP contribution in [-0.4, -0.2) is 5.78 Å². The summed E-state index contributed by atoms with van der Waals surface area (Å²) in [5.74, 6) is 11.5. The van der Waals surface area contributed by atoms with Gasteiger partial charge in [-0.2, -0.15) is 0 Å². The number of carbonyl (C=O) groups is 1. The molecule has 0 amide bonds. The number of ketones is 1. The topological polar surface area (TPSA) is 17.1 Å². The molecule has 0 spiro atoms. The summed E-state index contributed by atoms with van der Waals surface area (Å²) in [5, 5.41) is 0. The number of allylic oxidation sites excluding steroid dienone is 1. The minimum atomic E-state index is 0.546. The van der Waals surface area contributed by atoms with Crippen molar-refractivity contribution in [3.63, 3.8) is 0 Å². The summed E-state index contributed by atoms with van der Waals surface area (Å²) in [5.41, 5.74) is 0. The minimum Gasteiger partial charge on any atom is -0.300 e. The molecule has 7 unspecified atom stereocenters. The Bertz CT molecular complexity index is 783. The molecule has 234 valence electrons. The zero-order chi connectivity index (χ0) is 28.6. The van der Waals surface area contributed by atoms with Crippen LogP contribution in [0, 0.1) is 65.1 Å². The second-order valence-electron chi connectivity index (χ2n) is 16.4. The molecule has 0 aromatic heterocycles. The first-order chi connectivity index (χ1) is 20.1. The molecular formula is C40H68O. The summed E-state index contributed by atoms with van der Waals surface area (Å²) >= 11 is 0. The lowest BCUT2D eigenvalue weighted by Crippen LogP contribution is -2.34. The lowest BCUT2D eigenvalue weighted by Gasteiger charge is -2.45. The van der Waals surface area contributed by atoms with Gasteiger partial charge in [-0.15, -0.1) is 6.58 Å². The van der Waals surface area contributed by atoms with Crippen molar-refractivity contribution in [2.45, 2.75) is 168 Å². The maximum absolute atomic E-state index is 11.6. The second kappa shape index (κ2) is 15.9. The van der Waals surface area contributed by atoms with E-state index in [2.05, 4.69) is 26.5 Å². The number of rotatable bonds is 7. The Morgan fingerprint density at radius 1 is 0.537 bits per heavy atom. The lowest BCUT2D eigenvalue weighted by molar-refractivity contribution is -0.123. The second-order valence-corrected chi connectivity index (χ2v) is 16.4. The van der Waals surface area contributed by atoms with E-state index < -0.39 is 0 Å². The van der Waals surface area contributed by atoms with Crippen LogP contribution in [0.3, 0.4) is 0 Å². The lowest BCUT2D eigenvalue weighted by atomic mass is 9.61. The van der Waals surface area contributed by atoms with Crippen molar-refractivity contribution in [1.82, 2.24) is 0 Å². The summed E-state index contributed by atoms with van der Waals surface area (Å²) < 4.78 is 0. The Balaban J connectivity index is 0.000000165. The maximum atomic E-state index is 11.6. The van der Waals surface area contributed by atoms with Gasteiger partial charge in [-0.25, -0.2) is 0 Å². The smallest absolute Gasteiger partial charge is 0.133 e. The van der Waals surface area contributed by atoms with Gasteiger partial charge in [0, 0.05) is 12.8 Å². The fraction of sp³-hybridized carbons (Fsp3) is 0.925. The van der Waals surface area contributed by atoms with Crippen LogP contribution >= 0.6 is 0 Å². The van der Waals surface area contributed by atoms with Crippen molar-refractivity contribution in [2.75, 3.05) is 0 Å². The van der Waals surface area contributed by atoms with E-state index in [-0.39, 0.29) is 0 Å². The summed E-state index contributed by atoms with van der Waals surface area (Å²) in [6, 6.07) is 0. The molecular weight excluding hydrogens is 496 g/mol. The normalized spacial score (nSPS) is 43.2. The van der Waals surface area contributed by atoms with Crippen molar-refractivity contribution < 1.29 is 4.79 Å². The Kier molecular flexibility index (Phi) is 12.4. The molecule has 41 heavy (non-hydrogen) atoms. The van der Waals surface area contributed by atoms with Crippen LogP contribution in [-0.2, 0) is 4.79 Å². The summed E-state index contributed by atoms with van der Waals surface area (Å²) in [6.07, 6.45) is 36.5. The van der Waals surface area contributed by atoms with E-state index in [1.54, 1.807) is 38.5 Å². The van der Waals surface area contributed by atoms with Crippen LogP contribution in [0.4, 0.5) is 0 Å². The molecule has 6 rings (SSSR count). The molecule has 6 fully saturated rings. The van der Waals surface area contributed by atoms with E-state index in [0.29, 0.717) is 5.78 Å². The quantitative estimate of drug-likeness (QED) is 0.281. The number of Topliss-reactive ketones (excluding diaryl/α,β-unsaturated/α-hetero) is 1. The Morgan fingerprint density at radius 2 is 0.951 bits per heavy atom. The van der Waals surface area contributed by atoms with Gasteiger partial charge in [0.25, 0.3) is 0 Å². The molecule has 7 atom stereocenters. The van der Waals surface area contributed by atoms with Crippen LogP contribution in [0.5, 0.6) is 0 Å². The Morgan fingerprint density at radius 3 is 1.46 bits per heavy atom. The highest BCUT2D eigenvalue weighted by Gasteiger charge is 2.39. The van der Waals surface area contributed by atoms with Gasteiger partial charge in [0.15, 0.2) is 0 Å². The Labute approximate surface area is 255 Å². The molecule has 0 aliphatic heterocycles. The van der Waals surface area contributed by atoms with E-state index >= 15 is 0 Å². The van der Waals surface area contributed by atoms with Gasteiger partial charge in [0.1, 0.15) is 5.78 Å². The van der Waals surface area contributed by atoms with Gasteiger partial charge in [0.05, 0.1) is 0 Å². The van der Waals surface area contributed by atoms with Crippen molar-refractivity contribution in [2.24, 2.45) is 65.1 Å². The van der Waals surface area contributed by atoms with Gasteiger partial charge in [0.2, 0.25) is 0 Å². The molecule has 1 heteroatoms. The third-order valence-corrected chi connectivity index (χ3v) is 14.0. The molecule has 0 aromatic carbocycles. The maximum Gasteiger partial charge on any atom is 0.133 e.